The van der Waals surface area contributed by atoms with Crippen LogP contribution in [0.4, 0.5) is 11.5 Å². The normalized spacial score (nSPS) is 28.0. The third kappa shape index (κ3) is 4.04. The molecule has 2 aromatic heterocycles. The van der Waals surface area contributed by atoms with Gasteiger partial charge in [-0.05, 0) is 101 Å². The molecule has 2 aliphatic rings. The first-order valence-electron chi connectivity index (χ1n) is 12.3. The molecule has 5 rings (SSSR count). The lowest BCUT2D eigenvalue weighted by atomic mass is 9.82. The van der Waals surface area contributed by atoms with Crippen molar-refractivity contribution in [3.8, 4) is 0 Å². The fourth-order valence-electron chi connectivity index (χ4n) is 5.40. The molecule has 3 heterocycles. The average molecular weight is 445 g/mol. The highest BCUT2D eigenvalue weighted by molar-refractivity contribution is 5.64. The van der Waals surface area contributed by atoms with Crippen molar-refractivity contribution < 1.29 is 5.11 Å². The largest absolute Gasteiger partial charge is 0.393 e. The van der Waals surface area contributed by atoms with Gasteiger partial charge in [-0.2, -0.15) is 5.10 Å². The van der Waals surface area contributed by atoms with Gasteiger partial charge in [0.2, 0.25) is 0 Å². The van der Waals surface area contributed by atoms with E-state index in [1.807, 2.05) is 0 Å². The zero-order chi connectivity index (χ0) is 23.2. The van der Waals surface area contributed by atoms with Gasteiger partial charge < -0.3 is 15.7 Å². The van der Waals surface area contributed by atoms with Crippen LogP contribution in [0.5, 0.6) is 0 Å². The number of aliphatic hydroxyl groups is 1. The molecule has 33 heavy (non-hydrogen) atoms. The molecule has 3 N–H and O–H groups in total. The van der Waals surface area contributed by atoms with E-state index < -0.39 is 5.54 Å². The van der Waals surface area contributed by atoms with Crippen molar-refractivity contribution in [1.82, 2.24) is 9.61 Å². The molecular weight excluding hydrogens is 408 g/mol. The first kappa shape index (κ1) is 22.0. The summed E-state index contributed by atoms with van der Waals surface area (Å²) in [7, 11) is 0. The second kappa shape index (κ2) is 8.53. The van der Waals surface area contributed by atoms with Crippen molar-refractivity contribution in [2.75, 3.05) is 10.6 Å². The van der Waals surface area contributed by atoms with E-state index in [-0.39, 0.29) is 6.10 Å². The Morgan fingerprint density at radius 2 is 1.79 bits per heavy atom. The topological polar surface area (TPSA) is 61.6 Å². The van der Waals surface area contributed by atoms with E-state index in [2.05, 4.69) is 85.3 Å². The summed E-state index contributed by atoms with van der Waals surface area (Å²) in [5.74, 6) is 1.02. The molecule has 0 amide bonds. The van der Waals surface area contributed by atoms with Crippen LogP contribution in [0.15, 0.2) is 53.6 Å². The lowest BCUT2D eigenvalue weighted by Gasteiger charge is -2.35. The van der Waals surface area contributed by atoms with E-state index in [0.29, 0.717) is 6.04 Å². The Labute approximate surface area is 196 Å². The summed E-state index contributed by atoms with van der Waals surface area (Å²) in [5, 5.41) is 22.7. The van der Waals surface area contributed by atoms with Crippen molar-refractivity contribution in [3.05, 3.63) is 70.4 Å². The number of pyridine rings is 1. The summed E-state index contributed by atoms with van der Waals surface area (Å²) in [6.45, 7) is 8.92. The molecule has 5 heteroatoms. The first-order chi connectivity index (χ1) is 15.8. The van der Waals surface area contributed by atoms with Gasteiger partial charge in [-0.1, -0.05) is 29.8 Å². The third-order valence-electron chi connectivity index (χ3n) is 7.96. The van der Waals surface area contributed by atoms with Crippen molar-refractivity contribution in [2.24, 2.45) is 0 Å². The highest BCUT2D eigenvalue weighted by atomic mass is 16.3. The number of rotatable bonds is 3. The molecule has 1 aromatic carbocycles. The number of aromatic nitrogens is 2. The predicted molar refractivity (Wildman–Crippen MR) is 136 cm³/mol. The van der Waals surface area contributed by atoms with E-state index in [1.54, 1.807) is 0 Å². The number of anilines is 2. The Morgan fingerprint density at radius 1 is 1.03 bits per heavy atom. The van der Waals surface area contributed by atoms with Crippen LogP contribution in [-0.4, -0.2) is 26.9 Å². The molecule has 1 fully saturated rings. The molecule has 1 unspecified atom stereocenters. The van der Waals surface area contributed by atoms with Crippen LogP contribution in [0.1, 0.15) is 69.7 Å². The molecule has 0 spiro atoms. The number of aryl methyl sites for hydroxylation is 2. The number of nitrogens with one attached hydrogen (secondary N) is 2. The van der Waals surface area contributed by atoms with Gasteiger partial charge in [0.25, 0.3) is 0 Å². The maximum absolute atomic E-state index is 9.88. The smallest absolute Gasteiger partial charge is 0.128 e. The maximum Gasteiger partial charge on any atom is 0.128 e. The van der Waals surface area contributed by atoms with Crippen LogP contribution in [0, 0.1) is 6.92 Å². The van der Waals surface area contributed by atoms with Crippen LogP contribution in [0.25, 0.3) is 5.52 Å². The number of fused-ring (bicyclic) bond motifs is 2. The van der Waals surface area contributed by atoms with Crippen LogP contribution in [0.2, 0.25) is 0 Å². The monoisotopic (exact) mass is 444 g/mol. The number of allylic oxidation sites excluding steroid dienone is 1. The second-order valence-electron chi connectivity index (χ2n) is 10.2. The van der Waals surface area contributed by atoms with E-state index in [1.165, 1.54) is 28.0 Å². The zero-order valence-electron chi connectivity index (χ0n) is 20.3. The average Bonchev–Trinajstić information content (AvgIpc) is 3.28. The Balaban J connectivity index is 1.57. The Kier molecular flexibility index (Phi) is 5.69. The van der Waals surface area contributed by atoms with Gasteiger partial charge in [-0.25, -0.2) is 4.52 Å². The van der Waals surface area contributed by atoms with Crippen molar-refractivity contribution in [3.63, 3.8) is 0 Å². The van der Waals surface area contributed by atoms with Crippen LogP contribution in [0.3, 0.4) is 0 Å². The van der Waals surface area contributed by atoms with Gasteiger partial charge in [0, 0.05) is 11.7 Å². The zero-order valence-corrected chi connectivity index (χ0v) is 20.3. The molecule has 1 aliphatic carbocycles. The van der Waals surface area contributed by atoms with Crippen LogP contribution >= 0.6 is 0 Å². The summed E-state index contributed by atoms with van der Waals surface area (Å²) in [6.07, 6.45) is 5.67. The standard InChI is InChI=1S/C28H36N4O/c1-18-9-11-21-7-5-6-8-24(21)30-28(4,20(18)3)26-17-25-19(2)10-16-27(32(25)31-26)29-22-12-14-23(33)15-13-22/h5-8,10,16-17,22-23,29-30,33H,9,11-15H2,1-4H3/b20-18+. The summed E-state index contributed by atoms with van der Waals surface area (Å²) in [5.41, 5.74) is 8.30. The molecule has 1 aliphatic heterocycles. The molecule has 0 radical (unpaired) electrons. The molecule has 1 saturated carbocycles. The van der Waals surface area contributed by atoms with Gasteiger partial charge in [0.1, 0.15) is 11.4 Å². The lowest BCUT2D eigenvalue weighted by Crippen LogP contribution is -2.36. The van der Waals surface area contributed by atoms with Gasteiger partial charge in [-0.15, -0.1) is 0 Å². The molecule has 174 valence electrons. The van der Waals surface area contributed by atoms with Gasteiger partial charge in [-0.3, -0.25) is 0 Å². The van der Waals surface area contributed by atoms with E-state index in [0.717, 1.165) is 55.6 Å². The minimum absolute atomic E-state index is 0.149. The van der Waals surface area contributed by atoms with Gasteiger partial charge in [0.05, 0.1) is 17.3 Å². The van der Waals surface area contributed by atoms with E-state index in [9.17, 15) is 5.11 Å². The number of nitrogens with zero attached hydrogens (tertiary/aromatic N) is 2. The van der Waals surface area contributed by atoms with Crippen molar-refractivity contribution in [2.45, 2.75) is 83.9 Å². The molecule has 3 aromatic rings. The highest BCUT2D eigenvalue weighted by Crippen LogP contribution is 2.39. The molecule has 0 bridgehead atoms. The number of aliphatic hydroxyl groups excluding tert-OH is 1. The van der Waals surface area contributed by atoms with Gasteiger partial charge in [0.15, 0.2) is 0 Å². The van der Waals surface area contributed by atoms with Crippen molar-refractivity contribution in [1.29, 1.82) is 0 Å². The highest BCUT2D eigenvalue weighted by Gasteiger charge is 2.35. The summed E-state index contributed by atoms with van der Waals surface area (Å²) < 4.78 is 2.08. The SMILES string of the molecule is C/C1=C(/C)C(C)(c2cc3c(C)ccc(NC4CCC(O)CC4)n3n2)Nc2ccccc2CC1. The Bertz CT molecular complexity index is 1200. The number of para-hydroxylation sites is 1. The number of benzene rings is 1. The molecule has 5 nitrogen and oxygen atoms in total. The number of hydrogen-bond acceptors (Lipinski definition) is 4. The van der Waals surface area contributed by atoms with Crippen molar-refractivity contribution >= 4 is 17.0 Å². The lowest BCUT2D eigenvalue weighted by molar-refractivity contribution is 0.126. The summed E-state index contributed by atoms with van der Waals surface area (Å²) >= 11 is 0. The molecular formula is C28H36N4O. The third-order valence-corrected chi connectivity index (χ3v) is 7.96. The quantitative estimate of drug-likeness (QED) is 0.436. The summed E-state index contributed by atoms with van der Waals surface area (Å²) in [6, 6.07) is 15.6. The second-order valence-corrected chi connectivity index (χ2v) is 10.2. The van der Waals surface area contributed by atoms with E-state index >= 15 is 0 Å². The van der Waals surface area contributed by atoms with Crippen LogP contribution < -0.4 is 10.6 Å². The summed E-state index contributed by atoms with van der Waals surface area (Å²) in [4.78, 5) is 0. The maximum atomic E-state index is 9.88. The molecule has 0 saturated heterocycles. The minimum Gasteiger partial charge on any atom is -0.393 e. The Hall–Kier alpha value is -2.79. The molecule has 1 atom stereocenters. The Morgan fingerprint density at radius 3 is 2.58 bits per heavy atom. The van der Waals surface area contributed by atoms with Crippen LogP contribution in [-0.2, 0) is 12.0 Å². The van der Waals surface area contributed by atoms with Gasteiger partial charge >= 0.3 is 0 Å². The fourth-order valence-corrected chi connectivity index (χ4v) is 5.40. The number of hydrogen-bond donors (Lipinski definition) is 3. The fraction of sp³-hybridized carbons (Fsp3) is 0.464. The predicted octanol–water partition coefficient (Wildman–Crippen LogP) is 5.97. The van der Waals surface area contributed by atoms with E-state index in [4.69, 9.17) is 5.10 Å². The first-order valence-corrected chi connectivity index (χ1v) is 12.3. The minimum atomic E-state index is -0.398.